The van der Waals surface area contributed by atoms with Crippen molar-refractivity contribution < 1.29 is 19.0 Å². The van der Waals surface area contributed by atoms with Crippen LogP contribution in [-0.4, -0.2) is 51.0 Å². The average Bonchev–Trinajstić information content (AvgIpc) is 3.37. The van der Waals surface area contributed by atoms with Crippen LogP contribution in [0.5, 0.6) is 10.9 Å². The van der Waals surface area contributed by atoms with Crippen LogP contribution in [0.1, 0.15) is 5.56 Å². The first-order valence-corrected chi connectivity index (χ1v) is 10.8. The predicted octanol–water partition coefficient (Wildman–Crippen LogP) is 3.53. The summed E-state index contributed by atoms with van der Waals surface area (Å²) in [6.07, 6.45) is 0.272. The second-order valence-corrected chi connectivity index (χ2v) is 7.98. The molecule has 2 aromatic heterocycles. The number of amides is 1. The van der Waals surface area contributed by atoms with E-state index in [1.807, 2.05) is 23.6 Å². The summed E-state index contributed by atoms with van der Waals surface area (Å²) in [7, 11) is 1.61. The number of nitrogens with one attached hydrogen (secondary N) is 1. The highest BCUT2D eigenvalue weighted by atomic mass is 32.1. The monoisotopic (exact) mass is 419 g/mol. The Hall–Kier alpha value is -2.36. The van der Waals surface area contributed by atoms with Gasteiger partial charge in [0, 0.05) is 19.6 Å². The van der Waals surface area contributed by atoms with Crippen molar-refractivity contribution in [3.05, 3.63) is 34.5 Å². The zero-order chi connectivity index (χ0) is 19.3. The SMILES string of the molecule is COc1ccc(N2CCOCC2)c2sc(OC(=O)NCCc3ccsc3)nc12. The molecule has 1 aliphatic rings. The molecule has 0 radical (unpaired) electrons. The van der Waals surface area contributed by atoms with E-state index >= 15 is 0 Å². The summed E-state index contributed by atoms with van der Waals surface area (Å²) in [6, 6.07) is 5.97. The summed E-state index contributed by atoms with van der Waals surface area (Å²) in [6.45, 7) is 3.55. The highest BCUT2D eigenvalue weighted by Crippen LogP contribution is 2.40. The molecule has 1 aliphatic heterocycles. The predicted molar refractivity (Wildman–Crippen MR) is 111 cm³/mol. The molecular weight excluding hydrogens is 398 g/mol. The number of fused-ring (bicyclic) bond motifs is 1. The number of hydrogen-bond donors (Lipinski definition) is 1. The van der Waals surface area contributed by atoms with Crippen LogP contribution in [0, 0.1) is 0 Å². The van der Waals surface area contributed by atoms with Gasteiger partial charge in [0.05, 0.1) is 30.7 Å². The third-order valence-corrected chi connectivity index (χ3v) is 6.17. The molecule has 3 aromatic rings. The van der Waals surface area contributed by atoms with Crippen LogP contribution in [0.3, 0.4) is 0 Å². The quantitative estimate of drug-likeness (QED) is 0.659. The topological polar surface area (TPSA) is 72.9 Å². The minimum atomic E-state index is -0.499. The van der Waals surface area contributed by atoms with Crippen LogP contribution in [0.4, 0.5) is 10.5 Å². The van der Waals surface area contributed by atoms with Crippen molar-refractivity contribution in [1.29, 1.82) is 0 Å². The molecular formula is C19H21N3O4S2. The molecule has 28 heavy (non-hydrogen) atoms. The lowest BCUT2D eigenvalue weighted by Gasteiger charge is -2.29. The Morgan fingerprint density at radius 3 is 2.93 bits per heavy atom. The molecule has 1 fully saturated rings. The molecule has 0 spiro atoms. The second-order valence-electron chi connectivity index (χ2n) is 6.24. The molecule has 0 aliphatic carbocycles. The minimum Gasteiger partial charge on any atom is -0.494 e. The Bertz CT molecular complexity index is 936. The Morgan fingerprint density at radius 2 is 2.18 bits per heavy atom. The van der Waals surface area contributed by atoms with Gasteiger partial charge in [0.2, 0.25) is 0 Å². The van der Waals surface area contributed by atoms with Gasteiger partial charge in [-0.05, 0) is 40.9 Å². The van der Waals surface area contributed by atoms with E-state index in [1.54, 1.807) is 18.4 Å². The molecule has 9 heteroatoms. The molecule has 4 rings (SSSR count). The van der Waals surface area contributed by atoms with Crippen molar-refractivity contribution in [2.24, 2.45) is 0 Å². The molecule has 148 valence electrons. The molecule has 0 bridgehead atoms. The third-order valence-electron chi connectivity index (χ3n) is 4.48. The second kappa shape index (κ2) is 8.76. The summed E-state index contributed by atoms with van der Waals surface area (Å²) < 4.78 is 17.3. The summed E-state index contributed by atoms with van der Waals surface area (Å²) in [5.41, 5.74) is 2.96. The molecule has 1 amide bonds. The molecule has 0 atom stereocenters. The van der Waals surface area contributed by atoms with Crippen LogP contribution in [-0.2, 0) is 11.2 Å². The van der Waals surface area contributed by atoms with E-state index in [0.29, 0.717) is 36.2 Å². The average molecular weight is 420 g/mol. The van der Waals surface area contributed by atoms with Gasteiger partial charge in [-0.1, -0.05) is 11.3 Å². The normalized spacial score (nSPS) is 14.2. The zero-order valence-corrected chi connectivity index (χ0v) is 17.1. The van der Waals surface area contributed by atoms with Crippen molar-refractivity contribution in [2.75, 3.05) is 44.9 Å². The van der Waals surface area contributed by atoms with Gasteiger partial charge in [0.25, 0.3) is 5.19 Å². The first-order chi connectivity index (χ1) is 13.7. The first kappa shape index (κ1) is 19.0. The molecule has 7 nitrogen and oxygen atoms in total. The van der Waals surface area contributed by atoms with Gasteiger partial charge in [-0.3, -0.25) is 0 Å². The molecule has 1 N–H and O–H groups in total. The number of ether oxygens (including phenoxy) is 3. The van der Waals surface area contributed by atoms with Crippen LogP contribution in [0.15, 0.2) is 29.0 Å². The fraction of sp³-hybridized carbons (Fsp3) is 0.368. The molecule has 0 unspecified atom stereocenters. The minimum absolute atomic E-state index is 0.307. The summed E-state index contributed by atoms with van der Waals surface area (Å²) >= 11 is 3.00. The number of thiazole rings is 1. The fourth-order valence-corrected chi connectivity index (χ4v) is 4.75. The van der Waals surface area contributed by atoms with Crippen LogP contribution in [0.2, 0.25) is 0 Å². The maximum Gasteiger partial charge on any atom is 0.414 e. The number of methoxy groups -OCH3 is 1. The molecule has 0 saturated carbocycles. The van der Waals surface area contributed by atoms with E-state index in [0.717, 1.165) is 29.9 Å². The number of morpholine rings is 1. The van der Waals surface area contributed by atoms with Crippen molar-refractivity contribution in [2.45, 2.75) is 6.42 Å². The molecule has 1 saturated heterocycles. The van der Waals surface area contributed by atoms with Gasteiger partial charge in [0.1, 0.15) is 11.3 Å². The lowest BCUT2D eigenvalue weighted by molar-refractivity contribution is 0.123. The Morgan fingerprint density at radius 1 is 1.32 bits per heavy atom. The molecule has 1 aromatic carbocycles. The van der Waals surface area contributed by atoms with Crippen molar-refractivity contribution in [1.82, 2.24) is 10.3 Å². The van der Waals surface area contributed by atoms with E-state index in [4.69, 9.17) is 14.2 Å². The highest BCUT2D eigenvalue weighted by Gasteiger charge is 2.20. The third kappa shape index (κ3) is 4.21. The number of benzene rings is 1. The highest BCUT2D eigenvalue weighted by molar-refractivity contribution is 7.21. The lowest BCUT2D eigenvalue weighted by atomic mass is 10.2. The number of nitrogens with zero attached hydrogens (tertiary/aromatic N) is 2. The number of anilines is 1. The van der Waals surface area contributed by atoms with Crippen molar-refractivity contribution in [3.63, 3.8) is 0 Å². The fourth-order valence-electron chi connectivity index (χ4n) is 3.07. The van der Waals surface area contributed by atoms with Gasteiger partial charge in [-0.25, -0.2) is 4.79 Å². The van der Waals surface area contributed by atoms with Crippen molar-refractivity contribution in [3.8, 4) is 10.9 Å². The van der Waals surface area contributed by atoms with Gasteiger partial charge in [0.15, 0.2) is 0 Å². The standard InChI is InChI=1S/C19H21N3O4S2/c1-24-15-3-2-14(22-7-9-25-10-8-22)17-16(15)21-19(28-17)26-18(23)20-6-4-13-5-11-27-12-13/h2-3,5,11-12H,4,6-10H2,1H3,(H,20,23). The number of thiophene rings is 1. The number of aromatic nitrogens is 1. The first-order valence-electron chi connectivity index (χ1n) is 9.01. The van der Waals surface area contributed by atoms with Crippen LogP contribution >= 0.6 is 22.7 Å². The smallest absolute Gasteiger partial charge is 0.414 e. The van der Waals surface area contributed by atoms with Gasteiger partial charge >= 0.3 is 6.09 Å². The number of rotatable bonds is 6. The lowest BCUT2D eigenvalue weighted by Crippen LogP contribution is -2.36. The van der Waals surface area contributed by atoms with E-state index in [-0.39, 0.29) is 0 Å². The van der Waals surface area contributed by atoms with Gasteiger partial charge in [-0.2, -0.15) is 16.3 Å². The summed E-state index contributed by atoms with van der Waals surface area (Å²) in [5, 5.41) is 7.17. The van der Waals surface area contributed by atoms with Crippen LogP contribution < -0.4 is 19.7 Å². The Labute approximate surface area is 170 Å². The largest absolute Gasteiger partial charge is 0.494 e. The van der Waals surface area contributed by atoms with E-state index < -0.39 is 6.09 Å². The van der Waals surface area contributed by atoms with E-state index in [2.05, 4.69) is 20.6 Å². The van der Waals surface area contributed by atoms with E-state index in [9.17, 15) is 4.79 Å². The van der Waals surface area contributed by atoms with E-state index in [1.165, 1.54) is 16.9 Å². The Kier molecular flexibility index (Phi) is 5.94. The number of hydrogen-bond acceptors (Lipinski definition) is 8. The number of carbonyl (C=O) groups is 1. The summed E-state index contributed by atoms with van der Waals surface area (Å²) in [5.74, 6) is 0.663. The van der Waals surface area contributed by atoms with Crippen LogP contribution in [0.25, 0.3) is 10.2 Å². The zero-order valence-electron chi connectivity index (χ0n) is 15.5. The number of carbonyl (C=O) groups excluding carboxylic acids is 1. The summed E-state index contributed by atoms with van der Waals surface area (Å²) in [4.78, 5) is 18.9. The van der Waals surface area contributed by atoms with Gasteiger partial charge < -0.3 is 24.4 Å². The molecule has 3 heterocycles. The van der Waals surface area contributed by atoms with Crippen molar-refractivity contribution >= 4 is 44.7 Å². The Balaban J connectivity index is 1.48. The maximum atomic E-state index is 12.1. The van der Waals surface area contributed by atoms with Gasteiger partial charge in [-0.15, -0.1) is 0 Å². The maximum absolute atomic E-state index is 12.1.